The van der Waals surface area contributed by atoms with Crippen LogP contribution in [0.25, 0.3) is 0 Å². The van der Waals surface area contributed by atoms with Crippen molar-refractivity contribution in [2.24, 2.45) is 0 Å². The Hall–Kier alpha value is -1.07. The molecule has 2 N–H and O–H groups in total. The van der Waals surface area contributed by atoms with Gasteiger partial charge in [-0.3, -0.25) is 0 Å². The molecule has 1 aromatic heterocycles. The van der Waals surface area contributed by atoms with Crippen LogP contribution in [0.1, 0.15) is 19.8 Å². The number of anilines is 1. The van der Waals surface area contributed by atoms with Gasteiger partial charge in [0.1, 0.15) is 0 Å². The summed E-state index contributed by atoms with van der Waals surface area (Å²) >= 11 is 0. The molecule has 0 amide bonds. The van der Waals surface area contributed by atoms with E-state index in [9.17, 15) is 5.11 Å². The maximum atomic E-state index is 9.17. The lowest BCUT2D eigenvalue weighted by Crippen LogP contribution is -2.40. The summed E-state index contributed by atoms with van der Waals surface area (Å²) < 4.78 is 2.12. The van der Waals surface area contributed by atoms with Crippen LogP contribution in [0.2, 0.25) is 0 Å². The minimum absolute atomic E-state index is 0.170. The van der Waals surface area contributed by atoms with Gasteiger partial charge in [-0.05, 0) is 26.3 Å². The molecule has 2 heterocycles. The van der Waals surface area contributed by atoms with Gasteiger partial charge in [0.15, 0.2) is 0 Å². The number of aliphatic hydroxyl groups excluding tert-OH is 1. The maximum Gasteiger partial charge on any atom is 0.205 e. The van der Waals surface area contributed by atoms with Gasteiger partial charge in [0.2, 0.25) is 5.95 Å². The number of aromatic nitrogens is 2. The lowest BCUT2D eigenvalue weighted by atomic mass is 10.2. The Morgan fingerprint density at radius 3 is 3.18 bits per heavy atom. The van der Waals surface area contributed by atoms with E-state index in [-0.39, 0.29) is 6.61 Å². The molecule has 1 aliphatic rings. The number of aliphatic hydroxyl groups is 1. The molecular weight excluding hydrogens is 216 g/mol. The molecule has 2 rings (SSSR count). The van der Waals surface area contributed by atoms with Crippen molar-refractivity contribution in [3.63, 3.8) is 0 Å². The van der Waals surface area contributed by atoms with Gasteiger partial charge < -0.3 is 19.9 Å². The van der Waals surface area contributed by atoms with E-state index in [4.69, 9.17) is 0 Å². The van der Waals surface area contributed by atoms with E-state index in [0.29, 0.717) is 12.6 Å². The van der Waals surface area contributed by atoms with Crippen LogP contribution >= 0.6 is 0 Å². The number of rotatable bonds is 6. The van der Waals surface area contributed by atoms with E-state index >= 15 is 0 Å². The van der Waals surface area contributed by atoms with Crippen molar-refractivity contribution in [1.82, 2.24) is 14.9 Å². The van der Waals surface area contributed by atoms with E-state index in [1.807, 2.05) is 12.4 Å². The summed E-state index contributed by atoms with van der Waals surface area (Å²) in [6, 6.07) is 0.531. The van der Waals surface area contributed by atoms with Crippen LogP contribution in [0.4, 0.5) is 5.95 Å². The molecule has 1 saturated heterocycles. The zero-order valence-corrected chi connectivity index (χ0v) is 10.5. The highest BCUT2D eigenvalue weighted by Crippen LogP contribution is 2.14. The van der Waals surface area contributed by atoms with Crippen LogP contribution in [0.5, 0.6) is 0 Å². The highest BCUT2D eigenvalue weighted by Gasteiger charge is 2.20. The van der Waals surface area contributed by atoms with Crippen molar-refractivity contribution >= 4 is 5.95 Å². The first-order chi connectivity index (χ1) is 8.35. The van der Waals surface area contributed by atoms with Crippen LogP contribution in [0, 0.1) is 0 Å². The molecule has 0 bridgehead atoms. The van der Waals surface area contributed by atoms with Gasteiger partial charge in [0.25, 0.3) is 0 Å². The molecule has 0 radical (unpaired) electrons. The van der Waals surface area contributed by atoms with Crippen LogP contribution in [0.3, 0.4) is 0 Å². The molecule has 17 heavy (non-hydrogen) atoms. The second-order valence-corrected chi connectivity index (χ2v) is 4.48. The van der Waals surface area contributed by atoms with Crippen LogP contribution in [0.15, 0.2) is 12.4 Å². The first kappa shape index (κ1) is 12.4. The highest BCUT2D eigenvalue weighted by molar-refractivity contribution is 5.31. The SMILES string of the molecule is CCn1ccnc1N(CCO)CC1CCCN1. The standard InChI is InChI=1S/C12H22N4O/c1-2-15-7-6-14-12(15)16(8-9-17)10-11-4-3-5-13-11/h6-7,11,13,17H,2-5,8-10H2,1H3. The average molecular weight is 238 g/mol. The van der Waals surface area contributed by atoms with Gasteiger partial charge in [-0.15, -0.1) is 0 Å². The fraction of sp³-hybridized carbons (Fsp3) is 0.750. The number of hydrogen-bond acceptors (Lipinski definition) is 4. The Morgan fingerprint density at radius 2 is 2.53 bits per heavy atom. The predicted octanol–water partition coefficient (Wildman–Crippen LogP) is 0.454. The minimum atomic E-state index is 0.170. The Morgan fingerprint density at radius 1 is 1.65 bits per heavy atom. The molecule has 1 aromatic rings. The molecule has 96 valence electrons. The second kappa shape index (κ2) is 6.02. The zero-order valence-electron chi connectivity index (χ0n) is 10.5. The lowest BCUT2D eigenvalue weighted by Gasteiger charge is -2.26. The highest BCUT2D eigenvalue weighted by atomic mass is 16.3. The largest absolute Gasteiger partial charge is 0.395 e. The third kappa shape index (κ3) is 2.98. The Bertz CT molecular complexity index is 333. The van der Waals surface area contributed by atoms with Crippen molar-refractivity contribution in [1.29, 1.82) is 0 Å². The molecule has 1 atom stereocenters. The summed E-state index contributed by atoms with van der Waals surface area (Å²) in [6.45, 7) is 5.88. The molecule has 1 fully saturated rings. The quantitative estimate of drug-likeness (QED) is 0.756. The number of nitrogens with one attached hydrogen (secondary N) is 1. The van der Waals surface area contributed by atoms with E-state index in [0.717, 1.165) is 25.6 Å². The van der Waals surface area contributed by atoms with E-state index in [1.54, 1.807) is 0 Å². The normalized spacial score (nSPS) is 19.8. The maximum absolute atomic E-state index is 9.17. The van der Waals surface area contributed by atoms with Gasteiger partial charge in [-0.1, -0.05) is 0 Å². The number of imidazole rings is 1. The molecule has 5 nitrogen and oxygen atoms in total. The third-order valence-electron chi connectivity index (χ3n) is 3.29. The van der Waals surface area contributed by atoms with Crippen LogP contribution in [-0.2, 0) is 6.54 Å². The molecule has 0 saturated carbocycles. The molecule has 0 aromatic carbocycles. The first-order valence-corrected chi connectivity index (χ1v) is 6.45. The summed E-state index contributed by atoms with van der Waals surface area (Å²) in [6.07, 6.45) is 6.28. The summed E-state index contributed by atoms with van der Waals surface area (Å²) in [5, 5.41) is 12.7. The fourth-order valence-electron chi connectivity index (χ4n) is 2.40. The second-order valence-electron chi connectivity index (χ2n) is 4.48. The van der Waals surface area contributed by atoms with E-state index in [2.05, 4.69) is 26.7 Å². The minimum Gasteiger partial charge on any atom is -0.395 e. The van der Waals surface area contributed by atoms with E-state index in [1.165, 1.54) is 12.8 Å². The van der Waals surface area contributed by atoms with Crippen molar-refractivity contribution in [3.8, 4) is 0 Å². The Labute approximate surface area is 102 Å². The zero-order chi connectivity index (χ0) is 12.1. The van der Waals surface area contributed by atoms with Crippen molar-refractivity contribution in [2.75, 3.05) is 31.1 Å². The molecule has 5 heteroatoms. The summed E-state index contributed by atoms with van der Waals surface area (Å²) in [4.78, 5) is 6.57. The molecule has 1 unspecified atom stereocenters. The fourth-order valence-corrected chi connectivity index (χ4v) is 2.40. The smallest absolute Gasteiger partial charge is 0.205 e. The topological polar surface area (TPSA) is 53.3 Å². The summed E-state index contributed by atoms with van der Waals surface area (Å²) in [5.74, 6) is 0.968. The first-order valence-electron chi connectivity index (χ1n) is 6.45. The van der Waals surface area contributed by atoms with Crippen LogP contribution < -0.4 is 10.2 Å². The predicted molar refractivity (Wildman–Crippen MR) is 68.2 cm³/mol. The van der Waals surface area contributed by atoms with Gasteiger partial charge in [0.05, 0.1) is 6.61 Å². The summed E-state index contributed by atoms with van der Waals surface area (Å²) in [5.41, 5.74) is 0. The molecular formula is C12H22N4O. The van der Waals surface area contributed by atoms with Crippen molar-refractivity contribution in [2.45, 2.75) is 32.4 Å². The lowest BCUT2D eigenvalue weighted by molar-refractivity contribution is 0.299. The number of nitrogens with zero attached hydrogens (tertiary/aromatic N) is 3. The average Bonchev–Trinajstić information content (AvgIpc) is 2.98. The number of hydrogen-bond donors (Lipinski definition) is 2. The van der Waals surface area contributed by atoms with E-state index < -0.39 is 0 Å². The van der Waals surface area contributed by atoms with Gasteiger partial charge in [-0.2, -0.15) is 0 Å². The summed E-state index contributed by atoms with van der Waals surface area (Å²) in [7, 11) is 0. The number of aryl methyl sites for hydroxylation is 1. The Kier molecular flexibility index (Phi) is 4.39. The molecule has 0 aliphatic carbocycles. The third-order valence-corrected chi connectivity index (χ3v) is 3.29. The van der Waals surface area contributed by atoms with Gasteiger partial charge in [0, 0.05) is 38.1 Å². The molecule has 0 spiro atoms. The van der Waals surface area contributed by atoms with Crippen molar-refractivity contribution in [3.05, 3.63) is 12.4 Å². The molecule has 1 aliphatic heterocycles. The monoisotopic (exact) mass is 238 g/mol. The van der Waals surface area contributed by atoms with Gasteiger partial charge in [-0.25, -0.2) is 4.98 Å². The van der Waals surface area contributed by atoms with Crippen molar-refractivity contribution < 1.29 is 5.11 Å². The van der Waals surface area contributed by atoms with Crippen LogP contribution in [-0.4, -0.2) is 46.9 Å². The Balaban J connectivity index is 2.04. The van der Waals surface area contributed by atoms with Gasteiger partial charge >= 0.3 is 0 Å².